The predicted octanol–water partition coefficient (Wildman–Crippen LogP) is 4.52. The molecule has 0 aromatic heterocycles. The van der Waals surface area contributed by atoms with Gasteiger partial charge in [0.2, 0.25) is 5.91 Å². The molecule has 1 aliphatic rings. The van der Waals surface area contributed by atoms with Gasteiger partial charge in [-0.1, -0.05) is 49.2 Å². The molecule has 0 bridgehead atoms. The normalized spacial score (nSPS) is 21.8. The van der Waals surface area contributed by atoms with Crippen LogP contribution in [0.1, 0.15) is 43.9 Å². The maximum atomic E-state index is 11.9. The molecule has 0 saturated carbocycles. The predicted molar refractivity (Wildman–Crippen MR) is 125 cm³/mol. The number of hydrogen-bond donors (Lipinski definition) is 2. The first-order valence-electron chi connectivity index (χ1n) is 10.3. The first-order valence-corrected chi connectivity index (χ1v) is 11.1. The van der Waals surface area contributed by atoms with Gasteiger partial charge in [-0.25, -0.2) is 0 Å². The van der Waals surface area contributed by atoms with E-state index in [-0.39, 0.29) is 17.1 Å². The lowest BCUT2D eigenvalue weighted by Crippen LogP contribution is -2.59. The third-order valence-corrected chi connectivity index (χ3v) is 6.95. The fraction of sp³-hybridized carbons (Fsp3) is 0.435. The zero-order chi connectivity index (χ0) is 23.7. The Bertz CT molecular complexity index is 1010. The molecule has 1 aliphatic heterocycles. The summed E-state index contributed by atoms with van der Waals surface area (Å²) in [5.41, 5.74) is 5.15. The molecule has 172 valence electrons. The van der Waals surface area contributed by atoms with Crippen molar-refractivity contribution < 1.29 is 14.8 Å². The summed E-state index contributed by atoms with van der Waals surface area (Å²) < 4.78 is 0. The molecule has 3 N–H and O–H groups in total. The largest absolute Gasteiger partial charge is 0.389 e. The number of nitrogens with zero attached hydrogens (tertiary/aromatic N) is 2. The summed E-state index contributed by atoms with van der Waals surface area (Å²) in [6, 6.07) is 11.2. The van der Waals surface area contributed by atoms with E-state index in [4.69, 9.17) is 28.9 Å². The Morgan fingerprint density at radius 3 is 2.41 bits per heavy atom. The van der Waals surface area contributed by atoms with Crippen molar-refractivity contribution in [3.05, 3.63) is 73.8 Å². The Hall–Kier alpha value is -2.19. The molecule has 2 aromatic carbocycles. The summed E-state index contributed by atoms with van der Waals surface area (Å²) in [7, 11) is 0. The number of halogens is 2. The lowest BCUT2D eigenvalue weighted by atomic mass is 9.67. The van der Waals surface area contributed by atoms with Crippen molar-refractivity contribution in [2.75, 3.05) is 13.1 Å². The number of primary amides is 1. The molecule has 2 aromatic rings. The second kappa shape index (κ2) is 9.35. The molecule has 1 amide bonds. The van der Waals surface area contributed by atoms with E-state index >= 15 is 0 Å². The lowest BCUT2D eigenvalue weighted by molar-refractivity contribution is -0.386. The van der Waals surface area contributed by atoms with Crippen LogP contribution in [0, 0.1) is 15.5 Å². The van der Waals surface area contributed by atoms with Gasteiger partial charge in [0.05, 0.1) is 16.6 Å². The van der Waals surface area contributed by atoms with Crippen LogP contribution >= 0.6 is 23.2 Å². The number of carbonyl (C=O) groups excluding carboxylic acids is 1. The Balaban J connectivity index is 1.91. The molecule has 32 heavy (non-hydrogen) atoms. The molecule has 0 spiro atoms. The minimum absolute atomic E-state index is 0.0752. The van der Waals surface area contributed by atoms with Gasteiger partial charge in [0.25, 0.3) is 5.69 Å². The minimum atomic E-state index is -0.999. The van der Waals surface area contributed by atoms with E-state index in [9.17, 15) is 20.0 Å². The van der Waals surface area contributed by atoms with Crippen LogP contribution in [0.2, 0.25) is 10.0 Å². The van der Waals surface area contributed by atoms with Gasteiger partial charge in [-0.05, 0) is 36.2 Å². The molecule has 0 aliphatic carbocycles. The minimum Gasteiger partial charge on any atom is -0.389 e. The number of carbonyl (C=O) groups is 1. The number of likely N-dealkylation sites (tertiary alicyclic amines) is 1. The van der Waals surface area contributed by atoms with Crippen LogP contribution in [0.15, 0.2) is 42.5 Å². The van der Waals surface area contributed by atoms with E-state index in [1.165, 1.54) is 6.07 Å². The molecule has 9 heteroatoms. The molecular weight excluding hydrogens is 453 g/mol. The zero-order valence-electron chi connectivity index (χ0n) is 18.1. The number of rotatable bonds is 7. The number of nitrogens with two attached hydrogens (primary N) is 1. The summed E-state index contributed by atoms with van der Waals surface area (Å²) in [4.78, 5) is 25.0. The summed E-state index contributed by atoms with van der Waals surface area (Å²) in [5.74, 6) is -0.556. The van der Waals surface area contributed by atoms with Gasteiger partial charge in [-0.2, -0.15) is 0 Å². The van der Waals surface area contributed by atoms with E-state index in [0.717, 1.165) is 5.56 Å². The van der Waals surface area contributed by atoms with Crippen molar-refractivity contribution in [1.29, 1.82) is 0 Å². The standard InChI is InChI=1S/C23H27Cl2N3O4/c1-22(2)14-27(10-9-23(22,30)13-15-3-5-16(24)6-4-15)19(12-21(26)29)18-8-7-17(25)11-20(18)28(31)32/h3-8,11,19,30H,9-10,12-14H2,1-2H3,(H2,26,29). The summed E-state index contributed by atoms with van der Waals surface area (Å²) in [6.07, 6.45) is 0.806. The molecular formula is C23H27Cl2N3O4. The first-order chi connectivity index (χ1) is 14.9. The Morgan fingerprint density at radius 1 is 1.22 bits per heavy atom. The molecule has 3 rings (SSSR count). The van der Waals surface area contributed by atoms with E-state index < -0.39 is 27.9 Å². The monoisotopic (exact) mass is 479 g/mol. The fourth-order valence-corrected chi connectivity index (χ4v) is 4.81. The van der Waals surface area contributed by atoms with Crippen molar-refractivity contribution in [1.82, 2.24) is 4.90 Å². The van der Waals surface area contributed by atoms with Crippen LogP contribution in [0.4, 0.5) is 5.69 Å². The molecule has 7 nitrogen and oxygen atoms in total. The molecule has 1 heterocycles. The van der Waals surface area contributed by atoms with E-state index in [1.807, 2.05) is 30.9 Å². The summed E-state index contributed by atoms with van der Waals surface area (Å²) in [6.45, 7) is 4.80. The van der Waals surface area contributed by atoms with Crippen molar-refractivity contribution in [2.45, 2.75) is 44.8 Å². The third kappa shape index (κ3) is 5.23. The zero-order valence-corrected chi connectivity index (χ0v) is 19.6. The van der Waals surface area contributed by atoms with E-state index in [2.05, 4.69) is 0 Å². The molecule has 1 fully saturated rings. The summed E-state index contributed by atoms with van der Waals surface area (Å²) >= 11 is 12.0. The number of hydrogen-bond acceptors (Lipinski definition) is 5. The van der Waals surface area contributed by atoms with Crippen molar-refractivity contribution in [3.8, 4) is 0 Å². The van der Waals surface area contributed by atoms with Crippen LogP contribution in [-0.2, 0) is 11.2 Å². The summed E-state index contributed by atoms with van der Waals surface area (Å²) in [5, 5.41) is 24.1. The van der Waals surface area contributed by atoms with Crippen molar-refractivity contribution in [3.63, 3.8) is 0 Å². The van der Waals surface area contributed by atoms with Gasteiger partial charge in [0.15, 0.2) is 0 Å². The topological polar surface area (TPSA) is 110 Å². The van der Waals surface area contributed by atoms with E-state index in [0.29, 0.717) is 36.5 Å². The van der Waals surface area contributed by atoms with E-state index in [1.54, 1.807) is 24.3 Å². The van der Waals surface area contributed by atoms with Gasteiger partial charge < -0.3 is 10.8 Å². The molecule has 0 radical (unpaired) electrons. The smallest absolute Gasteiger partial charge is 0.275 e. The van der Waals surface area contributed by atoms with Crippen LogP contribution in [0.3, 0.4) is 0 Å². The van der Waals surface area contributed by atoms with Crippen LogP contribution in [0.5, 0.6) is 0 Å². The Labute approximate surface area is 197 Å². The highest BCUT2D eigenvalue weighted by atomic mass is 35.5. The Morgan fingerprint density at radius 2 is 1.84 bits per heavy atom. The highest BCUT2D eigenvalue weighted by Gasteiger charge is 2.49. The number of nitro benzene ring substituents is 1. The molecule has 1 saturated heterocycles. The maximum absolute atomic E-state index is 11.9. The SMILES string of the molecule is CC1(C)CN(C(CC(N)=O)c2ccc(Cl)cc2[N+](=O)[O-])CCC1(O)Cc1ccc(Cl)cc1. The van der Waals surface area contributed by atoms with Crippen LogP contribution in [0.25, 0.3) is 0 Å². The highest BCUT2D eigenvalue weighted by molar-refractivity contribution is 6.31. The second-order valence-corrected chi connectivity index (χ2v) is 9.96. The average Bonchev–Trinajstić information content (AvgIpc) is 2.70. The number of aliphatic hydroxyl groups is 1. The van der Waals surface area contributed by atoms with Crippen molar-refractivity contribution in [2.24, 2.45) is 11.1 Å². The van der Waals surface area contributed by atoms with Crippen molar-refractivity contribution >= 4 is 34.8 Å². The Kier molecular flexibility index (Phi) is 7.15. The average molecular weight is 480 g/mol. The van der Waals surface area contributed by atoms with Gasteiger partial charge >= 0.3 is 0 Å². The second-order valence-electron chi connectivity index (χ2n) is 9.09. The van der Waals surface area contributed by atoms with Gasteiger partial charge in [-0.3, -0.25) is 19.8 Å². The molecule has 2 unspecified atom stereocenters. The lowest BCUT2D eigenvalue weighted by Gasteiger charge is -2.52. The first kappa shape index (κ1) is 24.5. The number of benzene rings is 2. The number of piperidine rings is 1. The third-order valence-electron chi connectivity index (χ3n) is 6.46. The van der Waals surface area contributed by atoms with Gasteiger partial charge in [0, 0.05) is 53.0 Å². The fourth-order valence-electron chi connectivity index (χ4n) is 4.52. The number of nitro groups is 1. The number of amides is 1. The molecule has 2 atom stereocenters. The van der Waals surface area contributed by atoms with Gasteiger partial charge in [0.1, 0.15) is 0 Å². The quantitative estimate of drug-likeness (QED) is 0.447. The maximum Gasteiger partial charge on any atom is 0.275 e. The van der Waals surface area contributed by atoms with Gasteiger partial charge in [-0.15, -0.1) is 0 Å². The van der Waals surface area contributed by atoms with Crippen LogP contribution < -0.4 is 5.73 Å². The highest BCUT2D eigenvalue weighted by Crippen LogP contribution is 2.45. The van der Waals surface area contributed by atoms with Crippen LogP contribution in [-0.4, -0.2) is 39.5 Å².